The maximum absolute atomic E-state index is 6.07. The summed E-state index contributed by atoms with van der Waals surface area (Å²) in [5.41, 5.74) is 7.18. The highest BCUT2D eigenvalue weighted by atomic mass is 35.5. The van der Waals surface area contributed by atoms with Gasteiger partial charge in [-0.15, -0.1) is 0 Å². The quantitative estimate of drug-likeness (QED) is 0.867. The van der Waals surface area contributed by atoms with Crippen LogP contribution in [0.2, 0.25) is 10.0 Å². The van der Waals surface area contributed by atoms with Crippen molar-refractivity contribution in [3.63, 3.8) is 0 Å². The highest BCUT2D eigenvalue weighted by molar-refractivity contribution is 6.42. The lowest BCUT2D eigenvalue weighted by Gasteiger charge is -2.34. The van der Waals surface area contributed by atoms with Gasteiger partial charge in [-0.2, -0.15) is 0 Å². The molecule has 0 amide bonds. The monoisotopic (exact) mass is 285 g/mol. The van der Waals surface area contributed by atoms with Crippen LogP contribution in [0.3, 0.4) is 0 Å². The summed E-state index contributed by atoms with van der Waals surface area (Å²) < 4.78 is 0. The molecular weight excluding hydrogens is 265 g/mol. The first-order valence-corrected chi connectivity index (χ1v) is 7.49. The Labute approximate surface area is 120 Å². The molecule has 100 valence electrons. The highest BCUT2D eigenvalue weighted by Gasteiger charge is 2.27. The van der Waals surface area contributed by atoms with Gasteiger partial charge in [0.2, 0.25) is 0 Å². The molecule has 1 aromatic rings. The van der Waals surface area contributed by atoms with Gasteiger partial charge in [0.1, 0.15) is 0 Å². The van der Waals surface area contributed by atoms with Crippen LogP contribution in [0.4, 0.5) is 0 Å². The van der Waals surface area contributed by atoms with Crippen molar-refractivity contribution in [3.05, 3.63) is 33.8 Å². The van der Waals surface area contributed by atoms with Gasteiger partial charge in [0.05, 0.1) is 10.0 Å². The predicted octanol–water partition coefficient (Wildman–Crippen LogP) is 4.55. The molecule has 1 saturated carbocycles. The van der Waals surface area contributed by atoms with Gasteiger partial charge in [-0.1, -0.05) is 42.6 Å². The standard InChI is InChI=1S/C15H21Cl2N/c1-10-2-4-12(9-18)13(6-10)7-11-3-5-14(16)15(17)8-11/h3,5,8,10,12-13H,2,4,6-7,9,18H2,1H3. The molecule has 18 heavy (non-hydrogen) atoms. The number of hydrogen-bond donors (Lipinski definition) is 1. The van der Waals surface area contributed by atoms with E-state index in [1.54, 1.807) is 0 Å². The Morgan fingerprint density at radius 1 is 1.17 bits per heavy atom. The first kappa shape index (κ1) is 14.2. The van der Waals surface area contributed by atoms with E-state index in [9.17, 15) is 0 Å². The van der Waals surface area contributed by atoms with Gasteiger partial charge in [-0.05, 0) is 61.3 Å². The lowest BCUT2D eigenvalue weighted by Crippen LogP contribution is -2.31. The number of halogens is 2. The largest absolute Gasteiger partial charge is 0.330 e. The van der Waals surface area contributed by atoms with Crippen molar-refractivity contribution in [1.29, 1.82) is 0 Å². The first-order chi connectivity index (χ1) is 8.60. The Morgan fingerprint density at radius 3 is 2.61 bits per heavy atom. The van der Waals surface area contributed by atoms with E-state index in [2.05, 4.69) is 13.0 Å². The zero-order valence-corrected chi connectivity index (χ0v) is 12.3. The van der Waals surface area contributed by atoms with Crippen LogP contribution in [0.5, 0.6) is 0 Å². The first-order valence-electron chi connectivity index (χ1n) is 6.74. The molecule has 1 aliphatic carbocycles. The van der Waals surface area contributed by atoms with Crippen LogP contribution < -0.4 is 5.73 Å². The molecule has 0 spiro atoms. The third-order valence-electron chi connectivity index (χ3n) is 4.19. The van der Waals surface area contributed by atoms with Crippen molar-refractivity contribution in [2.24, 2.45) is 23.5 Å². The molecule has 1 nitrogen and oxygen atoms in total. The van der Waals surface area contributed by atoms with Gasteiger partial charge >= 0.3 is 0 Å². The third-order valence-corrected chi connectivity index (χ3v) is 4.93. The van der Waals surface area contributed by atoms with Crippen LogP contribution >= 0.6 is 23.2 Å². The fourth-order valence-electron chi connectivity index (χ4n) is 3.09. The van der Waals surface area contributed by atoms with Gasteiger partial charge in [-0.25, -0.2) is 0 Å². The summed E-state index contributed by atoms with van der Waals surface area (Å²) in [5.74, 6) is 2.17. The summed E-state index contributed by atoms with van der Waals surface area (Å²) in [7, 11) is 0. The van der Waals surface area contributed by atoms with Gasteiger partial charge in [0.15, 0.2) is 0 Å². The van der Waals surface area contributed by atoms with Crippen LogP contribution in [0.1, 0.15) is 31.7 Å². The molecule has 0 aliphatic heterocycles. The van der Waals surface area contributed by atoms with Crippen LogP contribution in [0.25, 0.3) is 0 Å². The summed E-state index contributed by atoms with van der Waals surface area (Å²) in [6.07, 6.45) is 4.94. The minimum absolute atomic E-state index is 0.632. The Morgan fingerprint density at radius 2 is 1.94 bits per heavy atom. The predicted molar refractivity (Wildman–Crippen MR) is 79.2 cm³/mol. The fourth-order valence-corrected chi connectivity index (χ4v) is 3.41. The molecule has 0 bridgehead atoms. The van der Waals surface area contributed by atoms with Crippen LogP contribution in [-0.4, -0.2) is 6.54 Å². The van der Waals surface area contributed by atoms with E-state index in [0.29, 0.717) is 21.9 Å². The van der Waals surface area contributed by atoms with Crippen molar-refractivity contribution in [2.45, 2.75) is 32.6 Å². The Balaban J connectivity index is 2.08. The van der Waals surface area contributed by atoms with Gasteiger partial charge in [0.25, 0.3) is 0 Å². The molecule has 3 heteroatoms. The molecule has 2 N–H and O–H groups in total. The molecule has 1 aromatic carbocycles. The van der Waals surface area contributed by atoms with Crippen molar-refractivity contribution in [2.75, 3.05) is 6.54 Å². The van der Waals surface area contributed by atoms with Gasteiger partial charge in [0, 0.05) is 0 Å². The Bertz CT molecular complexity index is 405. The van der Waals surface area contributed by atoms with E-state index in [4.69, 9.17) is 28.9 Å². The number of rotatable bonds is 3. The van der Waals surface area contributed by atoms with Crippen LogP contribution in [0, 0.1) is 17.8 Å². The van der Waals surface area contributed by atoms with Gasteiger partial charge in [-0.3, -0.25) is 0 Å². The van der Waals surface area contributed by atoms with E-state index >= 15 is 0 Å². The molecule has 2 rings (SSSR count). The molecule has 3 unspecified atom stereocenters. The van der Waals surface area contributed by atoms with Gasteiger partial charge < -0.3 is 5.73 Å². The van der Waals surface area contributed by atoms with Crippen molar-refractivity contribution < 1.29 is 0 Å². The third kappa shape index (κ3) is 3.40. The highest BCUT2D eigenvalue weighted by Crippen LogP contribution is 2.36. The van der Waals surface area contributed by atoms with E-state index in [1.807, 2.05) is 12.1 Å². The summed E-state index contributed by atoms with van der Waals surface area (Å²) in [6, 6.07) is 5.97. The zero-order chi connectivity index (χ0) is 13.1. The second kappa shape index (κ2) is 6.27. The summed E-state index contributed by atoms with van der Waals surface area (Å²) in [5, 5.41) is 1.29. The average Bonchev–Trinajstić information content (AvgIpc) is 2.34. The lowest BCUT2D eigenvalue weighted by molar-refractivity contribution is 0.193. The Kier molecular flexibility index (Phi) is 4.94. The van der Waals surface area contributed by atoms with Crippen molar-refractivity contribution in [1.82, 2.24) is 0 Å². The minimum Gasteiger partial charge on any atom is -0.330 e. The molecule has 0 saturated heterocycles. The minimum atomic E-state index is 0.632. The zero-order valence-electron chi connectivity index (χ0n) is 10.8. The van der Waals surface area contributed by atoms with Crippen molar-refractivity contribution in [3.8, 4) is 0 Å². The second-order valence-corrected chi connectivity index (χ2v) is 6.44. The molecule has 3 atom stereocenters. The fraction of sp³-hybridized carbons (Fsp3) is 0.600. The van der Waals surface area contributed by atoms with E-state index in [-0.39, 0.29) is 0 Å². The van der Waals surface area contributed by atoms with Crippen LogP contribution in [-0.2, 0) is 6.42 Å². The number of benzene rings is 1. The number of hydrogen-bond acceptors (Lipinski definition) is 1. The normalized spacial score (nSPS) is 28.3. The van der Waals surface area contributed by atoms with E-state index in [1.165, 1.54) is 24.8 Å². The Hall–Kier alpha value is -0.240. The second-order valence-electron chi connectivity index (χ2n) is 5.63. The molecule has 1 fully saturated rings. The lowest BCUT2D eigenvalue weighted by atomic mass is 9.72. The van der Waals surface area contributed by atoms with E-state index < -0.39 is 0 Å². The SMILES string of the molecule is CC1CCC(CN)C(Cc2ccc(Cl)c(Cl)c2)C1. The summed E-state index contributed by atoms with van der Waals surface area (Å²) in [4.78, 5) is 0. The number of nitrogens with two attached hydrogens (primary N) is 1. The summed E-state index contributed by atoms with van der Waals surface area (Å²) in [6.45, 7) is 3.15. The van der Waals surface area contributed by atoms with E-state index in [0.717, 1.165) is 18.9 Å². The molecular formula is C15H21Cl2N. The average molecular weight is 286 g/mol. The molecule has 0 radical (unpaired) electrons. The molecule has 0 heterocycles. The maximum Gasteiger partial charge on any atom is 0.0595 e. The molecule has 1 aliphatic rings. The summed E-state index contributed by atoms with van der Waals surface area (Å²) >= 11 is 12.0. The smallest absolute Gasteiger partial charge is 0.0595 e. The maximum atomic E-state index is 6.07. The van der Waals surface area contributed by atoms with Crippen LogP contribution in [0.15, 0.2) is 18.2 Å². The topological polar surface area (TPSA) is 26.0 Å². The van der Waals surface area contributed by atoms with Crippen molar-refractivity contribution >= 4 is 23.2 Å². The molecule has 0 aromatic heterocycles.